The zero-order valence-corrected chi connectivity index (χ0v) is 11.1. The van der Waals surface area contributed by atoms with Gasteiger partial charge in [0.25, 0.3) is 0 Å². The SMILES string of the molecule is CCOCCCC(=O)Nc1ccccc1C(C)N. The van der Waals surface area contributed by atoms with E-state index < -0.39 is 0 Å². The molecule has 4 nitrogen and oxygen atoms in total. The number of nitrogens with two attached hydrogens (primary N) is 1. The van der Waals surface area contributed by atoms with E-state index in [4.69, 9.17) is 10.5 Å². The molecule has 0 aliphatic rings. The zero-order chi connectivity index (χ0) is 13.4. The van der Waals surface area contributed by atoms with Crippen molar-refractivity contribution in [3.8, 4) is 0 Å². The Kier molecular flexibility index (Phi) is 6.39. The maximum absolute atomic E-state index is 11.7. The first-order valence-corrected chi connectivity index (χ1v) is 6.37. The Morgan fingerprint density at radius 1 is 1.44 bits per heavy atom. The van der Waals surface area contributed by atoms with Gasteiger partial charge in [0.2, 0.25) is 5.91 Å². The molecule has 4 heteroatoms. The fourth-order valence-electron chi connectivity index (χ4n) is 1.70. The van der Waals surface area contributed by atoms with Gasteiger partial charge in [0.05, 0.1) is 0 Å². The van der Waals surface area contributed by atoms with Crippen LogP contribution in [-0.2, 0) is 9.53 Å². The maximum atomic E-state index is 11.7. The van der Waals surface area contributed by atoms with E-state index >= 15 is 0 Å². The number of para-hydroxylation sites is 1. The van der Waals surface area contributed by atoms with E-state index in [0.29, 0.717) is 19.6 Å². The average Bonchev–Trinajstić information content (AvgIpc) is 2.35. The fourth-order valence-corrected chi connectivity index (χ4v) is 1.70. The van der Waals surface area contributed by atoms with E-state index in [1.54, 1.807) is 0 Å². The molecule has 0 saturated heterocycles. The monoisotopic (exact) mass is 250 g/mol. The summed E-state index contributed by atoms with van der Waals surface area (Å²) in [4.78, 5) is 11.7. The van der Waals surface area contributed by atoms with Crippen LogP contribution in [0, 0.1) is 0 Å². The number of ether oxygens (including phenoxy) is 1. The van der Waals surface area contributed by atoms with Crippen LogP contribution in [-0.4, -0.2) is 19.1 Å². The van der Waals surface area contributed by atoms with Gasteiger partial charge in [-0.15, -0.1) is 0 Å². The van der Waals surface area contributed by atoms with Crippen LogP contribution < -0.4 is 11.1 Å². The summed E-state index contributed by atoms with van der Waals surface area (Å²) in [7, 11) is 0. The van der Waals surface area contributed by atoms with E-state index in [1.165, 1.54) is 0 Å². The molecule has 0 aliphatic carbocycles. The predicted molar refractivity (Wildman–Crippen MR) is 73.4 cm³/mol. The molecule has 3 N–H and O–H groups in total. The summed E-state index contributed by atoms with van der Waals surface area (Å²) in [5, 5.41) is 2.89. The highest BCUT2D eigenvalue weighted by Crippen LogP contribution is 2.20. The number of anilines is 1. The molecule has 0 radical (unpaired) electrons. The number of rotatable bonds is 7. The lowest BCUT2D eigenvalue weighted by Gasteiger charge is -2.13. The highest BCUT2D eigenvalue weighted by Gasteiger charge is 2.08. The number of nitrogens with one attached hydrogen (secondary N) is 1. The van der Waals surface area contributed by atoms with Crippen LogP contribution >= 0.6 is 0 Å². The van der Waals surface area contributed by atoms with Crippen molar-refractivity contribution in [2.75, 3.05) is 18.5 Å². The molecule has 0 spiro atoms. The summed E-state index contributed by atoms with van der Waals surface area (Å²) in [6.07, 6.45) is 1.20. The van der Waals surface area contributed by atoms with E-state index in [1.807, 2.05) is 38.1 Å². The molecular weight excluding hydrogens is 228 g/mol. The van der Waals surface area contributed by atoms with Crippen molar-refractivity contribution < 1.29 is 9.53 Å². The Bertz CT molecular complexity index is 378. The largest absolute Gasteiger partial charge is 0.382 e. The Hall–Kier alpha value is -1.39. The number of benzene rings is 1. The minimum atomic E-state index is -0.0927. The number of amides is 1. The Morgan fingerprint density at radius 2 is 2.17 bits per heavy atom. The molecule has 1 rings (SSSR count). The lowest BCUT2D eigenvalue weighted by atomic mass is 10.1. The summed E-state index contributed by atoms with van der Waals surface area (Å²) in [6.45, 7) is 5.16. The second-order valence-electron chi connectivity index (χ2n) is 4.22. The summed E-state index contributed by atoms with van der Waals surface area (Å²) < 4.78 is 5.20. The van der Waals surface area contributed by atoms with Crippen molar-refractivity contribution in [1.82, 2.24) is 0 Å². The highest BCUT2D eigenvalue weighted by molar-refractivity contribution is 5.91. The smallest absolute Gasteiger partial charge is 0.224 e. The molecule has 0 aliphatic heterocycles. The molecule has 1 atom stereocenters. The summed E-state index contributed by atoms with van der Waals surface area (Å²) in [6, 6.07) is 7.52. The Labute approximate surface area is 109 Å². The molecular formula is C14H22N2O2. The van der Waals surface area contributed by atoms with Gasteiger partial charge in [0.15, 0.2) is 0 Å². The first kappa shape index (κ1) is 14.7. The van der Waals surface area contributed by atoms with Crippen molar-refractivity contribution in [3.63, 3.8) is 0 Å². The molecule has 18 heavy (non-hydrogen) atoms. The van der Waals surface area contributed by atoms with Crippen LogP contribution in [0.5, 0.6) is 0 Å². The Morgan fingerprint density at radius 3 is 2.83 bits per heavy atom. The number of hydrogen-bond donors (Lipinski definition) is 2. The predicted octanol–water partition coefficient (Wildman–Crippen LogP) is 2.46. The van der Waals surface area contributed by atoms with Crippen LogP contribution in [0.15, 0.2) is 24.3 Å². The lowest BCUT2D eigenvalue weighted by Crippen LogP contribution is -2.16. The minimum absolute atomic E-state index is 0.00260. The van der Waals surface area contributed by atoms with Gasteiger partial charge in [-0.3, -0.25) is 4.79 Å². The summed E-state index contributed by atoms with van der Waals surface area (Å²) >= 11 is 0. The van der Waals surface area contributed by atoms with E-state index in [2.05, 4.69) is 5.32 Å². The van der Waals surface area contributed by atoms with Crippen molar-refractivity contribution in [3.05, 3.63) is 29.8 Å². The first-order chi connectivity index (χ1) is 8.65. The zero-order valence-electron chi connectivity index (χ0n) is 11.1. The van der Waals surface area contributed by atoms with Crippen molar-refractivity contribution in [1.29, 1.82) is 0 Å². The summed E-state index contributed by atoms with van der Waals surface area (Å²) in [5.74, 6) is 0.00260. The normalized spacial score (nSPS) is 12.2. The molecule has 0 bridgehead atoms. The van der Waals surface area contributed by atoms with E-state index in [9.17, 15) is 4.79 Å². The van der Waals surface area contributed by atoms with Crippen molar-refractivity contribution >= 4 is 11.6 Å². The van der Waals surface area contributed by atoms with Crippen molar-refractivity contribution in [2.45, 2.75) is 32.7 Å². The molecule has 1 amide bonds. The molecule has 0 fully saturated rings. The maximum Gasteiger partial charge on any atom is 0.224 e. The van der Waals surface area contributed by atoms with Gasteiger partial charge >= 0.3 is 0 Å². The third-order valence-corrected chi connectivity index (χ3v) is 2.62. The minimum Gasteiger partial charge on any atom is -0.382 e. The third-order valence-electron chi connectivity index (χ3n) is 2.62. The molecule has 0 saturated carbocycles. The van der Waals surface area contributed by atoms with Crippen LogP contribution in [0.1, 0.15) is 38.3 Å². The van der Waals surface area contributed by atoms with Gasteiger partial charge in [-0.25, -0.2) is 0 Å². The number of carbonyl (C=O) groups excluding carboxylic acids is 1. The topological polar surface area (TPSA) is 64.3 Å². The number of carbonyl (C=O) groups is 1. The van der Waals surface area contributed by atoms with Gasteiger partial charge < -0.3 is 15.8 Å². The third kappa shape index (κ3) is 4.85. The van der Waals surface area contributed by atoms with Crippen LogP contribution in [0.3, 0.4) is 0 Å². The average molecular weight is 250 g/mol. The van der Waals surface area contributed by atoms with Crippen LogP contribution in [0.25, 0.3) is 0 Å². The second-order valence-corrected chi connectivity index (χ2v) is 4.22. The highest BCUT2D eigenvalue weighted by atomic mass is 16.5. The molecule has 0 heterocycles. The first-order valence-electron chi connectivity index (χ1n) is 6.37. The number of hydrogen-bond acceptors (Lipinski definition) is 3. The molecule has 1 unspecified atom stereocenters. The second kappa shape index (κ2) is 7.84. The van der Waals surface area contributed by atoms with Crippen molar-refractivity contribution in [2.24, 2.45) is 5.73 Å². The molecule has 100 valence electrons. The van der Waals surface area contributed by atoms with Crippen LogP contribution in [0.2, 0.25) is 0 Å². The van der Waals surface area contributed by atoms with Crippen LogP contribution in [0.4, 0.5) is 5.69 Å². The molecule has 0 aromatic heterocycles. The van der Waals surface area contributed by atoms with Gasteiger partial charge in [-0.1, -0.05) is 18.2 Å². The van der Waals surface area contributed by atoms with Gasteiger partial charge in [0.1, 0.15) is 0 Å². The quantitative estimate of drug-likeness (QED) is 0.731. The lowest BCUT2D eigenvalue weighted by molar-refractivity contribution is -0.116. The molecule has 1 aromatic carbocycles. The fraction of sp³-hybridized carbons (Fsp3) is 0.500. The summed E-state index contributed by atoms with van der Waals surface area (Å²) in [5.41, 5.74) is 7.61. The standard InChI is InChI=1S/C14H22N2O2/c1-3-18-10-6-9-14(17)16-13-8-5-4-7-12(13)11(2)15/h4-5,7-8,11H,3,6,9-10,15H2,1-2H3,(H,16,17). The van der Waals surface area contributed by atoms with Gasteiger partial charge in [-0.2, -0.15) is 0 Å². The molecule has 1 aromatic rings. The Balaban J connectivity index is 2.49. The van der Waals surface area contributed by atoms with Gasteiger partial charge in [-0.05, 0) is 31.9 Å². The van der Waals surface area contributed by atoms with E-state index in [0.717, 1.165) is 17.7 Å². The van der Waals surface area contributed by atoms with Gasteiger partial charge in [0, 0.05) is 31.4 Å². The van der Waals surface area contributed by atoms with E-state index in [-0.39, 0.29) is 11.9 Å².